The van der Waals surface area contributed by atoms with Gasteiger partial charge in [0.15, 0.2) is 0 Å². The molecule has 3 rings (SSSR count). The molecule has 0 aliphatic carbocycles. The lowest BCUT2D eigenvalue weighted by molar-refractivity contribution is -0.274. The molecule has 0 unspecified atom stereocenters. The number of carbonyl (C=O) groups excluding carboxylic acids is 1. The van der Waals surface area contributed by atoms with Gasteiger partial charge in [-0.05, 0) is 43.3 Å². The van der Waals surface area contributed by atoms with E-state index in [1.165, 1.54) is 32.7 Å². The molecule has 6 nitrogen and oxygen atoms in total. The summed E-state index contributed by atoms with van der Waals surface area (Å²) in [6, 6.07) is 7.95. The van der Waals surface area contributed by atoms with Gasteiger partial charge in [0, 0.05) is 36.6 Å². The lowest BCUT2D eigenvalue weighted by atomic mass is 10.2. The van der Waals surface area contributed by atoms with E-state index in [2.05, 4.69) is 4.74 Å². The molecule has 1 saturated heterocycles. The van der Waals surface area contributed by atoms with Crippen molar-refractivity contribution in [1.82, 2.24) is 9.21 Å². The number of aryl methyl sites for hydroxylation is 1. The molecule has 1 aliphatic heterocycles. The van der Waals surface area contributed by atoms with Crippen LogP contribution in [0.5, 0.6) is 5.75 Å². The SMILES string of the molecule is Cc1ccc(S(=O)(=O)N2CCN(C(=O)c3ccc(OC(F)(F)F)cc3)CC2)s1. The standard InChI is InChI=1S/C17H17F3N2O4S2/c1-12-2-7-15(27-12)28(24,25)22-10-8-21(9-11-22)16(23)13-3-5-14(6-4-13)26-17(18,19)20/h2-7H,8-11H2,1H3. The van der Waals surface area contributed by atoms with Crippen LogP contribution < -0.4 is 4.74 Å². The molecule has 2 heterocycles. The first-order chi connectivity index (χ1) is 13.1. The van der Waals surface area contributed by atoms with E-state index < -0.39 is 22.1 Å². The number of benzene rings is 1. The first-order valence-electron chi connectivity index (χ1n) is 8.28. The zero-order valence-corrected chi connectivity index (χ0v) is 16.4. The summed E-state index contributed by atoms with van der Waals surface area (Å²) < 4.78 is 67.2. The third-order valence-electron chi connectivity index (χ3n) is 4.17. The lowest BCUT2D eigenvalue weighted by Gasteiger charge is -2.33. The summed E-state index contributed by atoms with van der Waals surface area (Å²) in [5.74, 6) is -0.784. The number of hydrogen-bond acceptors (Lipinski definition) is 5. The van der Waals surface area contributed by atoms with Gasteiger partial charge in [0.05, 0.1) is 0 Å². The minimum Gasteiger partial charge on any atom is -0.406 e. The minimum atomic E-state index is -4.80. The van der Waals surface area contributed by atoms with Crippen LogP contribution in [0.15, 0.2) is 40.6 Å². The summed E-state index contributed by atoms with van der Waals surface area (Å²) in [7, 11) is -3.59. The van der Waals surface area contributed by atoms with E-state index in [0.29, 0.717) is 0 Å². The summed E-state index contributed by atoms with van der Waals surface area (Å²) in [5, 5.41) is 0. The van der Waals surface area contributed by atoms with Gasteiger partial charge in [-0.25, -0.2) is 8.42 Å². The number of nitrogens with zero attached hydrogens (tertiary/aromatic N) is 2. The molecule has 1 aromatic carbocycles. The number of alkyl halides is 3. The molecular formula is C17H17F3N2O4S2. The number of thiophene rings is 1. The number of rotatable bonds is 4. The summed E-state index contributed by atoms with van der Waals surface area (Å²) in [6.07, 6.45) is -4.80. The third-order valence-corrected chi connectivity index (χ3v) is 7.54. The predicted molar refractivity (Wildman–Crippen MR) is 96.8 cm³/mol. The molecule has 1 amide bonds. The van der Waals surface area contributed by atoms with Crippen molar-refractivity contribution < 1.29 is 31.1 Å². The molecule has 0 N–H and O–H groups in total. The van der Waals surface area contributed by atoms with Gasteiger partial charge in [-0.15, -0.1) is 24.5 Å². The Labute approximate surface area is 164 Å². The summed E-state index contributed by atoms with van der Waals surface area (Å²) in [6.45, 7) is 2.53. The number of hydrogen-bond donors (Lipinski definition) is 0. The van der Waals surface area contributed by atoms with Crippen molar-refractivity contribution in [2.24, 2.45) is 0 Å². The van der Waals surface area contributed by atoms with Crippen LogP contribution in [0.4, 0.5) is 13.2 Å². The van der Waals surface area contributed by atoms with Gasteiger partial charge >= 0.3 is 6.36 Å². The molecule has 0 atom stereocenters. The molecule has 1 fully saturated rings. The highest BCUT2D eigenvalue weighted by Gasteiger charge is 2.32. The normalized spacial score (nSPS) is 16.2. The van der Waals surface area contributed by atoms with Crippen molar-refractivity contribution in [3.8, 4) is 5.75 Å². The Morgan fingerprint density at radius 2 is 1.64 bits per heavy atom. The van der Waals surface area contributed by atoms with Crippen LogP contribution in [0.3, 0.4) is 0 Å². The van der Waals surface area contributed by atoms with E-state index in [4.69, 9.17) is 0 Å². The number of halogens is 3. The highest BCUT2D eigenvalue weighted by atomic mass is 32.2. The zero-order chi connectivity index (χ0) is 20.5. The molecule has 1 aliphatic rings. The molecule has 0 bridgehead atoms. The van der Waals surface area contributed by atoms with Crippen molar-refractivity contribution in [2.45, 2.75) is 17.5 Å². The van der Waals surface area contributed by atoms with Gasteiger partial charge in [0.1, 0.15) is 9.96 Å². The maximum Gasteiger partial charge on any atom is 0.573 e. The molecule has 11 heteroatoms. The summed E-state index contributed by atoms with van der Waals surface area (Å²) >= 11 is 1.20. The third kappa shape index (κ3) is 4.65. The van der Waals surface area contributed by atoms with E-state index in [1.54, 1.807) is 12.1 Å². The Morgan fingerprint density at radius 3 is 2.14 bits per heavy atom. The Bertz CT molecular complexity index is 948. The summed E-state index contributed by atoms with van der Waals surface area (Å²) in [4.78, 5) is 14.9. The van der Waals surface area contributed by atoms with E-state index in [1.807, 2.05) is 6.92 Å². The van der Waals surface area contributed by atoms with E-state index in [-0.39, 0.29) is 41.9 Å². The molecule has 28 heavy (non-hydrogen) atoms. The first kappa shape index (κ1) is 20.6. The van der Waals surface area contributed by atoms with Crippen molar-refractivity contribution in [3.05, 3.63) is 46.8 Å². The molecule has 0 spiro atoms. The monoisotopic (exact) mass is 434 g/mol. The van der Waals surface area contributed by atoms with Gasteiger partial charge in [-0.2, -0.15) is 4.31 Å². The number of amides is 1. The van der Waals surface area contributed by atoms with Gasteiger partial charge in [-0.3, -0.25) is 4.79 Å². The number of sulfonamides is 1. The second-order valence-corrected chi connectivity index (χ2v) is 9.59. The fraction of sp³-hybridized carbons (Fsp3) is 0.353. The largest absolute Gasteiger partial charge is 0.573 e. The van der Waals surface area contributed by atoms with Crippen LogP contribution in [0.2, 0.25) is 0 Å². The topological polar surface area (TPSA) is 66.9 Å². The van der Waals surface area contributed by atoms with Crippen molar-refractivity contribution >= 4 is 27.3 Å². The fourth-order valence-corrected chi connectivity index (χ4v) is 5.65. The smallest absolute Gasteiger partial charge is 0.406 e. The molecule has 1 aromatic heterocycles. The van der Waals surface area contributed by atoms with Crippen molar-refractivity contribution in [2.75, 3.05) is 26.2 Å². The van der Waals surface area contributed by atoms with Gasteiger partial charge < -0.3 is 9.64 Å². The van der Waals surface area contributed by atoms with E-state index >= 15 is 0 Å². The molecule has 2 aromatic rings. The Morgan fingerprint density at radius 1 is 1.04 bits per heavy atom. The van der Waals surface area contributed by atoms with E-state index in [0.717, 1.165) is 17.0 Å². The first-order valence-corrected chi connectivity index (χ1v) is 10.5. The van der Waals surface area contributed by atoms with Crippen LogP contribution in [0.25, 0.3) is 0 Å². The quantitative estimate of drug-likeness (QED) is 0.742. The molecule has 0 radical (unpaired) electrons. The second-order valence-electron chi connectivity index (χ2n) is 6.13. The minimum absolute atomic E-state index is 0.153. The fourth-order valence-electron chi connectivity index (χ4n) is 2.79. The lowest BCUT2D eigenvalue weighted by Crippen LogP contribution is -2.50. The Kier molecular flexibility index (Phi) is 5.69. The highest BCUT2D eigenvalue weighted by molar-refractivity contribution is 7.91. The van der Waals surface area contributed by atoms with Crippen LogP contribution in [0, 0.1) is 6.92 Å². The predicted octanol–water partition coefficient (Wildman–Crippen LogP) is 3.10. The van der Waals surface area contributed by atoms with Crippen LogP contribution in [0.1, 0.15) is 15.2 Å². The zero-order valence-electron chi connectivity index (χ0n) is 14.8. The van der Waals surface area contributed by atoms with Crippen molar-refractivity contribution in [1.29, 1.82) is 0 Å². The van der Waals surface area contributed by atoms with Crippen LogP contribution >= 0.6 is 11.3 Å². The van der Waals surface area contributed by atoms with E-state index in [9.17, 15) is 26.4 Å². The summed E-state index contributed by atoms with van der Waals surface area (Å²) in [5.41, 5.74) is 0.208. The van der Waals surface area contributed by atoms with Gasteiger partial charge in [-0.1, -0.05) is 0 Å². The number of carbonyl (C=O) groups is 1. The second kappa shape index (κ2) is 7.72. The number of piperazine rings is 1. The van der Waals surface area contributed by atoms with Gasteiger partial charge in [0.25, 0.3) is 15.9 Å². The number of ether oxygens (including phenoxy) is 1. The van der Waals surface area contributed by atoms with Crippen LogP contribution in [-0.2, 0) is 10.0 Å². The molecule has 0 saturated carbocycles. The highest BCUT2D eigenvalue weighted by Crippen LogP contribution is 2.26. The maximum atomic E-state index is 12.6. The Balaban J connectivity index is 1.62. The average molecular weight is 434 g/mol. The molecular weight excluding hydrogens is 417 g/mol. The van der Waals surface area contributed by atoms with Crippen molar-refractivity contribution in [3.63, 3.8) is 0 Å². The maximum absolute atomic E-state index is 12.6. The van der Waals surface area contributed by atoms with Gasteiger partial charge in [0.2, 0.25) is 0 Å². The average Bonchev–Trinajstić information content (AvgIpc) is 3.08. The van der Waals surface area contributed by atoms with Crippen LogP contribution in [-0.4, -0.2) is 56.1 Å². The Hall–Kier alpha value is -2.11. The molecule has 152 valence electrons.